The van der Waals surface area contributed by atoms with Gasteiger partial charge < -0.3 is 9.47 Å². The smallest absolute Gasteiger partial charge is 0.200 e. The molecule has 0 bridgehead atoms. The molecule has 110 valence electrons. The fourth-order valence-electron chi connectivity index (χ4n) is 3.02. The van der Waals surface area contributed by atoms with Crippen LogP contribution in [0.4, 0.5) is 0 Å². The van der Waals surface area contributed by atoms with Gasteiger partial charge in [-0.15, -0.1) is 0 Å². The van der Waals surface area contributed by atoms with Gasteiger partial charge in [0.2, 0.25) is 0 Å². The van der Waals surface area contributed by atoms with Crippen molar-refractivity contribution in [2.45, 2.75) is 38.4 Å². The predicted molar refractivity (Wildman–Crippen MR) is 84.6 cm³/mol. The van der Waals surface area contributed by atoms with Crippen molar-refractivity contribution in [3.8, 4) is 5.75 Å². The van der Waals surface area contributed by atoms with Gasteiger partial charge in [0.25, 0.3) is 0 Å². The maximum atomic E-state index is 5.93. The molecule has 1 aliphatic heterocycles. The Morgan fingerprint density at radius 3 is 2.62 bits per heavy atom. The molecule has 0 aromatic heterocycles. The topological polar surface area (TPSA) is 18.5 Å². The van der Waals surface area contributed by atoms with E-state index < -0.39 is 0 Å². The Bertz CT molecular complexity index is 565. The predicted octanol–water partition coefficient (Wildman–Crippen LogP) is 4.55. The van der Waals surface area contributed by atoms with Crippen molar-refractivity contribution in [1.29, 1.82) is 0 Å². The van der Waals surface area contributed by atoms with E-state index in [1.807, 2.05) is 13.0 Å². The minimum absolute atomic E-state index is 0.106. The standard InChI is InChI=1S/C19H22O2/c1-2-20-19-14-16(13-12-15-8-4-3-5-9-15)17-10-6-7-11-18(17)21-19/h3-11,16,19H,2,12-14H2,1H3. The Kier molecular flexibility index (Phi) is 4.56. The van der Waals surface area contributed by atoms with Gasteiger partial charge in [0, 0.05) is 13.0 Å². The highest BCUT2D eigenvalue weighted by Crippen LogP contribution is 2.38. The first-order valence-corrected chi connectivity index (χ1v) is 7.78. The second kappa shape index (κ2) is 6.77. The van der Waals surface area contributed by atoms with Crippen LogP contribution in [-0.4, -0.2) is 12.9 Å². The van der Waals surface area contributed by atoms with Gasteiger partial charge in [0.1, 0.15) is 5.75 Å². The molecule has 2 heteroatoms. The number of aryl methyl sites for hydroxylation is 1. The van der Waals surface area contributed by atoms with Crippen LogP contribution in [0.25, 0.3) is 0 Å². The summed E-state index contributed by atoms with van der Waals surface area (Å²) in [6.45, 7) is 2.71. The maximum absolute atomic E-state index is 5.93. The maximum Gasteiger partial charge on any atom is 0.200 e. The second-order valence-electron chi connectivity index (χ2n) is 5.50. The van der Waals surface area contributed by atoms with E-state index in [-0.39, 0.29) is 6.29 Å². The van der Waals surface area contributed by atoms with E-state index in [1.54, 1.807) is 0 Å². The van der Waals surface area contributed by atoms with Gasteiger partial charge in [-0.3, -0.25) is 0 Å². The van der Waals surface area contributed by atoms with Crippen molar-refractivity contribution >= 4 is 0 Å². The summed E-state index contributed by atoms with van der Waals surface area (Å²) in [5, 5.41) is 0. The molecule has 0 N–H and O–H groups in total. The molecule has 2 atom stereocenters. The van der Waals surface area contributed by atoms with Crippen molar-refractivity contribution in [3.63, 3.8) is 0 Å². The lowest BCUT2D eigenvalue weighted by molar-refractivity contribution is -0.0920. The first-order valence-electron chi connectivity index (χ1n) is 7.78. The van der Waals surface area contributed by atoms with Crippen molar-refractivity contribution in [2.24, 2.45) is 0 Å². The SMILES string of the molecule is CCOC1CC(CCc2ccccc2)c2ccccc2O1. The van der Waals surface area contributed by atoms with Crippen LogP contribution in [0.5, 0.6) is 5.75 Å². The van der Waals surface area contributed by atoms with E-state index >= 15 is 0 Å². The van der Waals surface area contributed by atoms with Gasteiger partial charge in [-0.05, 0) is 42.9 Å². The largest absolute Gasteiger partial charge is 0.465 e. The fraction of sp³-hybridized carbons (Fsp3) is 0.368. The van der Waals surface area contributed by atoms with E-state index in [0.29, 0.717) is 12.5 Å². The van der Waals surface area contributed by atoms with Crippen LogP contribution < -0.4 is 4.74 Å². The van der Waals surface area contributed by atoms with Crippen molar-refractivity contribution < 1.29 is 9.47 Å². The Morgan fingerprint density at radius 2 is 1.81 bits per heavy atom. The number of para-hydroxylation sites is 1. The molecule has 0 spiro atoms. The number of hydrogen-bond donors (Lipinski definition) is 0. The summed E-state index contributed by atoms with van der Waals surface area (Å²) in [5.74, 6) is 1.49. The van der Waals surface area contributed by atoms with E-state index in [4.69, 9.17) is 9.47 Å². The highest BCUT2D eigenvalue weighted by atomic mass is 16.7. The van der Waals surface area contributed by atoms with Gasteiger partial charge >= 0.3 is 0 Å². The normalized spacial score (nSPS) is 20.6. The third-order valence-corrected chi connectivity index (χ3v) is 4.07. The molecule has 1 heterocycles. The third kappa shape index (κ3) is 3.45. The minimum Gasteiger partial charge on any atom is -0.465 e. The van der Waals surface area contributed by atoms with E-state index in [2.05, 4.69) is 48.5 Å². The zero-order valence-corrected chi connectivity index (χ0v) is 12.5. The van der Waals surface area contributed by atoms with E-state index in [9.17, 15) is 0 Å². The molecule has 2 aromatic rings. The molecule has 0 saturated carbocycles. The lowest BCUT2D eigenvalue weighted by Crippen LogP contribution is -2.28. The number of fused-ring (bicyclic) bond motifs is 1. The van der Waals surface area contributed by atoms with E-state index in [1.165, 1.54) is 11.1 Å². The van der Waals surface area contributed by atoms with Crippen molar-refractivity contribution in [2.75, 3.05) is 6.61 Å². The highest BCUT2D eigenvalue weighted by Gasteiger charge is 2.27. The van der Waals surface area contributed by atoms with Gasteiger partial charge in [-0.1, -0.05) is 48.5 Å². The lowest BCUT2D eigenvalue weighted by atomic mass is 9.87. The van der Waals surface area contributed by atoms with Crippen LogP contribution in [0.1, 0.15) is 36.8 Å². The molecule has 3 rings (SSSR count). The zero-order valence-electron chi connectivity index (χ0n) is 12.5. The summed E-state index contributed by atoms with van der Waals surface area (Å²) in [7, 11) is 0. The summed E-state index contributed by atoms with van der Waals surface area (Å²) in [4.78, 5) is 0. The molecular formula is C19H22O2. The highest BCUT2D eigenvalue weighted by molar-refractivity contribution is 5.38. The van der Waals surface area contributed by atoms with Crippen molar-refractivity contribution in [3.05, 3.63) is 65.7 Å². The van der Waals surface area contributed by atoms with Crippen LogP contribution in [-0.2, 0) is 11.2 Å². The zero-order chi connectivity index (χ0) is 14.5. The van der Waals surface area contributed by atoms with Crippen LogP contribution in [0, 0.1) is 0 Å². The second-order valence-corrected chi connectivity index (χ2v) is 5.50. The molecule has 0 aliphatic carbocycles. The van der Waals surface area contributed by atoms with Gasteiger partial charge in [-0.25, -0.2) is 0 Å². The molecule has 0 radical (unpaired) electrons. The lowest BCUT2D eigenvalue weighted by Gasteiger charge is -2.32. The monoisotopic (exact) mass is 282 g/mol. The number of rotatable bonds is 5. The molecular weight excluding hydrogens is 260 g/mol. The Labute approximate surface area is 126 Å². The van der Waals surface area contributed by atoms with Crippen LogP contribution in [0.2, 0.25) is 0 Å². The molecule has 1 aliphatic rings. The summed E-state index contributed by atoms with van der Waals surface area (Å²) in [6, 6.07) is 19.0. The van der Waals surface area contributed by atoms with Crippen LogP contribution >= 0.6 is 0 Å². The van der Waals surface area contributed by atoms with Crippen LogP contribution in [0.15, 0.2) is 54.6 Å². The van der Waals surface area contributed by atoms with Gasteiger partial charge in [0.05, 0.1) is 0 Å². The molecule has 0 fully saturated rings. The molecule has 21 heavy (non-hydrogen) atoms. The molecule has 2 aromatic carbocycles. The minimum atomic E-state index is -0.106. The number of ether oxygens (including phenoxy) is 2. The average molecular weight is 282 g/mol. The number of benzene rings is 2. The van der Waals surface area contributed by atoms with Crippen LogP contribution in [0.3, 0.4) is 0 Å². The quantitative estimate of drug-likeness (QED) is 0.801. The molecule has 2 unspecified atom stereocenters. The Balaban J connectivity index is 1.73. The van der Waals surface area contributed by atoms with E-state index in [0.717, 1.165) is 25.0 Å². The summed E-state index contributed by atoms with van der Waals surface area (Å²) < 4.78 is 11.6. The molecule has 2 nitrogen and oxygen atoms in total. The average Bonchev–Trinajstić information content (AvgIpc) is 2.54. The van der Waals surface area contributed by atoms with Crippen molar-refractivity contribution in [1.82, 2.24) is 0 Å². The molecule has 0 saturated heterocycles. The molecule has 0 amide bonds. The summed E-state index contributed by atoms with van der Waals surface area (Å²) in [5.41, 5.74) is 2.72. The first-order chi connectivity index (χ1) is 10.4. The van der Waals surface area contributed by atoms with Gasteiger partial charge in [0.15, 0.2) is 6.29 Å². The third-order valence-electron chi connectivity index (χ3n) is 4.07. The first kappa shape index (κ1) is 14.2. The fourth-order valence-corrected chi connectivity index (χ4v) is 3.02. The Morgan fingerprint density at radius 1 is 1.05 bits per heavy atom. The summed E-state index contributed by atoms with van der Waals surface area (Å²) in [6.07, 6.45) is 3.07. The number of hydrogen-bond acceptors (Lipinski definition) is 2. The Hall–Kier alpha value is -1.80. The van der Waals surface area contributed by atoms with Gasteiger partial charge in [-0.2, -0.15) is 0 Å². The summed E-state index contributed by atoms with van der Waals surface area (Å²) >= 11 is 0.